The number of ether oxygens (including phenoxy) is 1. The first-order valence-corrected chi connectivity index (χ1v) is 10.4. The van der Waals surface area contributed by atoms with Crippen LogP contribution in [-0.2, 0) is 9.84 Å². The molecule has 9 heteroatoms. The average molecular weight is 390 g/mol. The van der Waals surface area contributed by atoms with Crippen LogP contribution in [0.4, 0.5) is 11.6 Å². The second-order valence-corrected chi connectivity index (χ2v) is 8.85. The highest BCUT2D eigenvalue weighted by atomic mass is 32.2. The number of hydrogen-bond acceptors (Lipinski definition) is 7. The number of hydrogen-bond donors (Lipinski definition) is 2. The van der Waals surface area contributed by atoms with Gasteiger partial charge in [0, 0.05) is 11.7 Å². The highest BCUT2D eigenvalue weighted by Gasteiger charge is 2.29. The Bertz CT molecular complexity index is 975. The van der Waals surface area contributed by atoms with Gasteiger partial charge in [-0.25, -0.2) is 18.4 Å². The molecule has 1 atom stereocenters. The molecule has 2 N–H and O–H groups in total. The molecule has 8 nitrogen and oxygen atoms in total. The summed E-state index contributed by atoms with van der Waals surface area (Å²) < 4.78 is 28.5. The number of carbonyl (C=O) groups is 1. The van der Waals surface area contributed by atoms with Crippen LogP contribution >= 0.6 is 0 Å². The summed E-state index contributed by atoms with van der Waals surface area (Å²) in [6.07, 6.45) is 0.420. The zero-order valence-corrected chi connectivity index (χ0v) is 16.3. The monoisotopic (exact) mass is 390 g/mol. The summed E-state index contributed by atoms with van der Waals surface area (Å²) in [6, 6.07) is 6.84. The van der Waals surface area contributed by atoms with E-state index in [2.05, 4.69) is 20.6 Å². The number of carbonyl (C=O) groups excluding carboxylic acids is 1. The normalized spacial score (nSPS) is 18.1. The van der Waals surface area contributed by atoms with Gasteiger partial charge < -0.3 is 15.4 Å². The molecule has 1 aliphatic rings. The van der Waals surface area contributed by atoms with E-state index in [1.807, 2.05) is 25.1 Å². The Hall–Kier alpha value is -2.68. The second-order valence-electron chi connectivity index (χ2n) is 6.62. The number of methoxy groups -OCH3 is 1. The van der Waals surface area contributed by atoms with Crippen molar-refractivity contribution < 1.29 is 17.9 Å². The quantitative estimate of drug-likeness (QED) is 0.800. The van der Waals surface area contributed by atoms with Gasteiger partial charge in [0.15, 0.2) is 9.84 Å². The van der Waals surface area contributed by atoms with Crippen molar-refractivity contribution in [3.05, 3.63) is 41.2 Å². The third-order valence-corrected chi connectivity index (χ3v) is 6.02. The average Bonchev–Trinajstić information content (AvgIpc) is 2.93. The predicted molar refractivity (Wildman–Crippen MR) is 102 cm³/mol. The fourth-order valence-electron chi connectivity index (χ4n) is 2.95. The van der Waals surface area contributed by atoms with Gasteiger partial charge in [-0.15, -0.1) is 0 Å². The number of anilines is 2. The number of aryl methyl sites for hydroxylation is 2. The Morgan fingerprint density at radius 3 is 2.67 bits per heavy atom. The molecule has 0 spiro atoms. The van der Waals surface area contributed by atoms with Crippen molar-refractivity contribution in [3.63, 3.8) is 0 Å². The van der Waals surface area contributed by atoms with Crippen molar-refractivity contribution in [2.45, 2.75) is 26.3 Å². The van der Waals surface area contributed by atoms with Crippen LogP contribution in [0.1, 0.15) is 28.2 Å². The van der Waals surface area contributed by atoms with Crippen LogP contribution in [0.15, 0.2) is 24.3 Å². The van der Waals surface area contributed by atoms with Gasteiger partial charge >= 0.3 is 0 Å². The summed E-state index contributed by atoms with van der Waals surface area (Å²) in [5.41, 5.74) is 2.52. The molecule has 1 fully saturated rings. The van der Waals surface area contributed by atoms with E-state index in [9.17, 15) is 13.2 Å². The lowest BCUT2D eigenvalue weighted by molar-refractivity contribution is 0.0936. The lowest BCUT2D eigenvalue weighted by Gasteiger charge is -2.13. The molecule has 1 unspecified atom stereocenters. The molecule has 1 aromatic carbocycles. The smallest absolute Gasteiger partial charge is 0.270 e. The first kappa shape index (κ1) is 19.1. The summed E-state index contributed by atoms with van der Waals surface area (Å²) in [7, 11) is -1.49. The minimum absolute atomic E-state index is 0.0333. The molecule has 1 saturated heterocycles. The number of benzene rings is 1. The van der Waals surface area contributed by atoms with Crippen molar-refractivity contribution >= 4 is 27.4 Å². The zero-order chi connectivity index (χ0) is 19.6. The van der Waals surface area contributed by atoms with Crippen LogP contribution in [0.3, 0.4) is 0 Å². The number of sulfone groups is 1. The topological polar surface area (TPSA) is 110 Å². The van der Waals surface area contributed by atoms with E-state index in [-0.39, 0.29) is 29.2 Å². The molecule has 1 amide bonds. The molecule has 2 heterocycles. The fourth-order valence-corrected chi connectivity index (χ4v) is 4.62. The Kier molecular flexibility index (Phi) is 5.31. The van der Waals surface area contributed by atoms with Crippen LogP contribution in [0.2, 0.25) is 0 Å². The fraction of sp³-hybridized carbons (Fsp3) is 0.389. The number of rotatable bonds is 5. The maximum Gasteiger partial charge on any atom is 0.270 e. The summed E-state index contributed by atoms with van der Waals surface area (Å²) in [6.45, 7) is 3.72. The van der Waals surface area contributed by atoms with Gasteiger partial charge in [0.2, 0.25) is 5.95 Å². The van der Waals surface area contributed by atoms with Gasteiger partial charge in [-0.1, -0.05) is 6.07 Å². The maximum atomic E-state index is 12.5. The summed E-state index contributed by atoms with van der Waals surface area (Å²) in [5, 5.41) is 5.82. The molecule has 3 rings (SSSR count). The number of amides is 1. The highest BCUT2D eigenvalue weighted by molar-refractivity contribution is 7.91. The molecule has 27 heavy (non-hydrogen) atoms. The van der Waals surface area contributed by atoms with E-state index in [1.54, 1.807) is 20.1 Å². The molecule has 0 radical (unpaired) electrons. The first-order chi connectivity index (χ1) is 12.8. The molecular weight excluding hydrogens is 368 g/mol. The molecule has 0 saturated carbocycles. The Labute approximate surface area is 158 Å². The molecule has 0 bridgehead atoms. The lowest BCUT2D eigenvalue weighted by atomic mass is 10.2. The van der Waals surface area contributed by atoms with Crippen LogP contribution in [0.25, 0.3) is 0 Å². The predicted octanol–water partition coefficient (Wildman–Crippen LogP) is 1.76. The van der Waals surface area contributed by atoms with Gasteiger partial charge in [0.25, 0.3) is 5.91 Å². The largest absolute Gasteiger partial charge is 0.495 e. The van der Waals surface area contributed by atoms with Crippen molar-refractivity contribution in [3.8, 4) is 5.75 Å². The van der Waals surface area contributed by atoms with E-state index in [4.69, 9.17) is 4.74 Å². The lowest BCUT2D eigenvalue weighted by Crippen LogP contribution is -2.36. The SMILES string of the molecule is COc1ccc(C)cc1Nc1nc(C)cc(C(=O)NC2CCS(=O)(=O)C2)n1. The van der Waals surface area contributed by atoms with Gasteiger partial charge in [0.1, 0.15) is 11.4 Å². The third kappa shape index (κ3) is 4.73. The van der Waals surface area contributed by atoms with Crippen molar-refractivity contribution in [1.29, 1.82) is 0 Å². The number of nitrogens with zero attached hydrogens (tertiary/aromatic N) is 2. The van der Waals surface area contributed by atoms with E-state index in [1.165, 1.54) is 0 Å². The second kappa shape index (κ2) is 7.51. The van der Waals surface area contributed by atoms with E-state index >= 15 is 0 Å². The van der Waals surface area contributed by atoms with Gasteiger partial charge in [-0.05, 0) is 44.0 Å². The molecule has 0 aliphatic carbocycles. The maximum absolute atomic E-state index is 12.5. The molecule has 1 aromatic heterocycles. The minimum atomic E-state index is -3.07. The summed E-state index contributed by atoms with van der Waals surface area (Å²) in [4.78, 5) is 21.1. The minimum Gasteiger partial charge on any atom is -0.495 e. The molecule has 144 valence electrons. The summed E-state index contributed by atoms with van der Waals surface area (Å²) in [5.74, 6) is 0.549. The van der Waals surface area contributed by atoms with Crippen LogP contribution in [0.5, 0.6) is 5.75 Å². The van der Waals surface area contributed by atoms with Crippen LogP contribution in [0, 0.1) is 13.8 Å². The molecule has 2 aromatic rings. The Morgan fingerprint density at radius 1 is 1.22 bits per heavy atom. The highest BCUT2D eigenvalue weighted by Crippen LogP contribution is 2.27. The van der Waals surface area contributed by atoms with Crippen molar-refractivity contribution in [2.24, 2.45) is 0 Å². The molecule has 1 aliphatic heterocycles. The van der Waals surface area contributed by atoms with Crippen molar-refractivity contribution in [1.82, 2.24) is 15.3 Å². The van der Waals surface area contributed by atoms with E-state index < -0.39 is 15.7 Å². The van der Waals surface area contributed by atoms with Gasteiger partial charge in [0.05, 0.1) is 24.3 Å². The van der Waals surface area contributed by atoms with Crippen LogP contribution < -0.4 is 15.4 Å². The van der Waals surface area contributed by atoms with E-state index in [0.717, 1.165) is 5.56 Å². The summed E-state index contributed by atoms with van der Waals surface area (Å²) >= 11 is 0. The first-order valence-electron chi connectivity index (χ1n) is 8.54. The Morgan fingerprint density at radius 2 is 2.00 bits per heavy atom. The van der Waals surface area contributed by atoms with Crippen molar-refractivity contribution in [2.75, 3.05) is 23.9 Å². The van der Waals surface area contributed by atoms with Gasteiger partial charge in [-0.2, -0.15) is 0 Å². The third-order valence-electron chi connectivity index (χ3n) is 4.26. The van der Waals surface area contributed by atoms with E-state index in [0.29, 0.717) is 23.6 Å². The molecular formula is C18H22N4O4S. The number of aromatic nitrogens is 2. The standard InChI is InChI=1S/C18H22N4O4S/c1-11-4-5-16(26-3)14(8-11)21-18-19-12(2)9-15(22-18)17(23)20-13-6-7-27(24,25)10-13/h4-5,8-9,13H,6-7,10H2,1-3H3,(H,20,23)(H,19,21,22). The van der Waals surface area contributed by atoms with Gasteiger partial charge in [-0.3, -0.25) is 4.79 Å². The van der Waals surface area contributed by atoms with Crippen LogP contribution in [-0.4, -0.2) is 49.0 Å². The Balaban J connectivity index is 1.80. The zero-order valence-electron chi connectivity index (χ0n) is 15.4. The number of nitrogens with one attached hydrogen (secondary N) is 2.